The highest BCUT2D eigenvalue weighted by molar-refractivity contribution is 5.85. The van der Waals surface area contributed by atoms with Crippen LogP contribution in [0.3, 0.4) is 0 Å². The Morgan fingerprint density at radius 1 is 1.50 bits per heavy atom. The third kappa shape index (κ3) is 2.35. The van der Waals surface area contributed by atoms with Crippen LogP contribution in [0, 0.1) is 11.3 Å². The van der Waals surface area contributed by atoms with E-state index in [1.165, 1.54) is 0 Å². The lowest BCUT2D eigenvalue weighted by Gasteiger charge is -2.15. The molecule has 0 bridgehead atoms. The lowest BCUT2D eigenvalue weighted by atomic mass is 9.91. The number of nitrogens with two attached hydrogens (primary N) is 1. The number of hydrogen-bond donors (Lipinski definition) is 2. The number of rotatable bonds is 1. The summed E-state index contributed by atoms with van der Waals surface area (Å²) in [7, 11) is 0. The molecule has 0 spiro atoms. The quantitative estimate of drug-likeness (QED) is 0.659. The normalized spacial score (nSPS) is 32.6. The topological polar surface area (TPSA) is 63.3 Å². The zero-order valence-corrected chi connectivity index (χ0v) is 8.23. The Balaban J connectivity index is 0.00000121. The molecule has 0 saturated heterocycles. The lowest BCUT2D eigenvalue weighted by molar-refractivity contribution is -0.142. The van der Waals surface area contributed by atoms with Crippen LogP contribution >= 0.6 is 12.4 Å². The Morgan fingerprint density at radius 3 is 2.17 bits per heavy atom. The van der Waals surface area contributed by atoms with Crippen LogP contribution in [0.4, 0.5) is 0 Å². The fourth-order valence-corrected chi connectivity index (χ4v) is 1.88. The molecule has 1 aliphatic carbocycles. The molecule has 0 amide bonds. The molecular formula is C8H16ClNO2. The summed E-state index contributed by atoms with van der Waals surface area (Å²) in [5.41, 5.74) is 5.79. The summed E-state index contributed by atoms with van der Waals surface area (Å²) in [6.45, 7) is 4.13. The largest absolute Gasteiger partial charge is 0.481 e. The average Bonchev–Trinajstić information content (AvgIpc) is 2.05. The molecule has 12 heavy (non-hydrogen) atoms. The van der Waals surface area contributed by atoms with Crippen molar-refractivity contribution in [2.24, 2.45) is 17.1 Å². The van der Waals surface area contributed by atoms with Crippen LogP contribution in [0.2, 0.25) is 0 Å². The summed E-state index contributed by atoms with van der Waals surface area (Å²) in [5, 5.41) is 8.74. The maximum atomic E-state index is 10.6. The second kappa shape index (κ2) is 3.62. The van der Waals surface area contributed by atoms with Crippen molar-refractivity contribution in [2.45, 2.75) is 32.7 Å². The second-order valence-corrected chi connectivity index (χ2v) is 4.18. The molecule has 4 heteroatoms. The van der Waals surface area contributed by atoms with Crippen LogP contribution in [0.15, 0.2) is 0 Å². The minimum Gasteiger partial charge on any atom is -0.481 e. The molecule has 2 atom stereocenters. The Bertz CT molecular complexity index is 182. The van der Waals surface area contributed by atoms with Crippen molar-refractivity contribution in [2.75, 3.05) is 0 Å². The number of carboxylic acids is 1. The Hall–Kier alpha value is -0.280. The highest BCUT2D eigenvalue weighted by Gasteiger charge is 2.40. The summed E-state index contributed by atoms with van der Waals surface area (Å²) in [4.78, 5) is 10.6. The summed E-state index contributed by atoms with van der Waals surface area (Å²) < 4.78 is 0. The van der Waals surface area contributed by atoms with Gasteiger partial charge in [0.2, 0.25) is 0 Å². The number of halogens is 1. The lowest BCUT2D eigenvalue weighted by Crippen LogP contribution is -2.30. The van der Waals surface area contributed by atoms with Gasteiger partial charge < -0.3 is 10.8 Å². The first kappa shape index (κ1) is 11.7. The molecule has 0 aromatic rings. The van der Waals surface area contributed by atoms with Gasteiger partial charge in [-0.05, 0) is 18.3 Å². The maximum Gasteiger partial charge on any atom is 0.308 e. The molecule has 0 aromatic carbocycles. The molecule has 0 heterocycles. The minimum atomic E-state index is -0.747. The first-order chi connectivity index (χ1) is 4.92. The van der Waals surface area contributed by atoms with Gasteiger partial charge >= 0.3 is 5.97 Å². The van der Waals surface area contributed by atoms with Crippen LogP contribution in [-0.2, 0) is 4.79 Å². The van der Waals surface area contributed by atoms with E-state index in [1.54, 1.807) is 0 Å². The third-order valence-electron chi connectivity index (χ3n) is 2.39. The molecule has 3 nitrogen and oxygen atoms in total. The van der Waals surface area contributed by atoms with E-state index in [9.17, 15) is 4.79 Å². The van der Waals surface area contributed by atoms with E-state index in [0.29, 0.717) is 6.42 Å². The van der Waals surface area contributed by atoms with Crippen molar-refractivity contribution in [3.63, 3.8) is 0 Å². The maximum absolute atomic E-state index is 10.6. The van der Waals surface area contributed by atoms with Crippen molar-refractivity contribution in [3.8, 4) is 0 Å². The molecule has 0 aromatic heterocycles. The number of carboxylic acid groups (broad SMARTS) is 1. The predicted octanol–water partition coefficient (Wildman–Crippen LogP) is 1.26. The van der Waals surface area contributed by atoms with E-state index in [-0.39, 0.29) is 29.8 Å². The Kier molecular flexibility index (Phi) is 3.54. The van der Waals surface area contributed by atoms with E-state index < -0.39 is 5.97 Å². The van der Waals surface area contributed by atoms with Crippen molar-refractivity contribution >= 4 is 18.4 Å². The van der Waals surface area contributed by atoms with Gasteiger partial charge in [-0.15, -0.1) is 12.4 Å². The average molecular weight is 194 g/mol. The fraction of sp³-hybridized carbons (Fsp3) is 0.875. The smallest absolute Gasteiger partial charge is 0.308 e. The van der Waals surface area contributed by atoms with Crippen LogP contribution < -0.4 is 5.73 Å². The number of aliphatic carboxylic acids is 1. The summed E-state index contributed by atoms with van der Waals surface area (Å²) in [6, 6.07) is -0.150. The van der Waals surface area contributed by atoms with Gasteiger partial charge in [0.05, 0.1) is 5.92 Å². The van der Waals surface area contributed by atoms with Gasteiger partial charge in [-0.2, -0.15) is 0 Å². The highest BCUT2D eigenvalue weighted by Crippen LogP contribution is 2.40. The predicted molar refractivity (Wildman–Crippen MR) is 49.4 cm³/mol. The number of hydrogen-bond acceptors (Lipinski definition) is 2. The molecule has 72 valence electrons. The summed E-state index contributed by atoms with van der Waals surface area (Å²) in [6.07, 6.45) is 1.54. The summed E-state index contributed by atoms with van der Waals surface area (Å²) >= 11 is 0. The van der Waals surface area contributed by atoms with Gasteiger partial charge in [-0.1, -0.05) is 13.8 Å². The van der Waals surface area contributed by atoms with E-state index in [0.717, 1.165) is 6.42 Å². The first-order valence-corrected chi connectivity index (χ1v) is 3.91. The zero-order valence-electron chi connectivity index (χ0n) is 7.41. The number of carbonyl (C=O) groups is 1. The monoisotopic (exact) mass is 193 g/mol. The van der Waals surface area contributed by atoms with Gasteiger partial charge in [0.15, 0.2) is 0 Å². The molecule has 1 fully saturated rings. The van der Waals surface area contributed by atoms with Gasteiger partial charge in [0.25, 0.3) is 0 Å². The molecule has 1 rings (SSSR count). The van der Waals surface area contributed by atoms with E-state index in [1.807, 2.05) is 0 Å². The Morgan fingerprint density at radius 2 is 2.00 bits per heavy atom. The molecule has 0 radical (unpaired) electrons. The van der Waals surface area contributed by atoms with Gasteiger partial charge in [-0.3, -0.25) is 4.79 Å². The molecule has 3 N–H and O–H groups in total. The summed E-state index contributed by atoms with van der Waals surface area (Å²) in [5.74, 6) is -1.08. The molecular weight excluding hydrogens is 178 g/mol. The third-order valence-corrected chi connectivity index (χ3v) is 2.39. The Labute approximate surface area is 78.7 Å². The molecule has 1 saturated carbocycles. The second-order valence-electron chi connectivity index (χ2n) is 4.18. The van der Waals surface area contributed by atoms with E-state index in [4.69, 9.17) is 10.8 Å². The van der Waals surface area contributed by atoms with Crippen molar-refractivity contribution in [3.05, 3.63) is 0 Å². The fourth-order valence-electron chi connectivity index (χ4n) is 1.88. The van der Waals surface area contributed by atoms with Gasteiger partial charge in [0, 0.05) is 6.04 Å². The molecule has 0 aliphatic heterocycles. The van der Waals surface area contributed by atoms with Crippen LogP contribution in [0.25, 0.3) is 0 Å². The van der Waals surface area contributed by atoms with E-state index in [2.05, 4.69) is 13.8 Å². The van der Waals surface area contributed by atoms with Crippen LogP contribution in [0.1, 0.15) is 26.7 Å². The van der Waals surface area contributed by atoms with Gasteiger partial charge in [-0.25, -0.2) is 0 Å². The molecule has 0 unspecified atom stereocenters. The van der Waals surface area contributed by atoms with Crippen LogP contribution in [-0.4, -0.2) is 17.1 Å². The molecule has 1 aliphatic rings. The highest BCUT2D eigenvalue weighted by atomic mass is 35.5. The SMILES string of the molecule is CC1(C)C[C@H](N)[C@H](C(=O)O)C1.Cl. The standard InChI is InChI=1S/C8H15NO2.ClH/c1-8(2)3-5(7(10)11)6(9)4-8;/h5-6H,3-4,9H2,1-2H3,(H,10,11);1H/t5-,6+;/m1./s1. The van der Waals surface area contributed by atoms with Crippen molar-refractivity contribution in [1.82, 2.24) is 0 Å². The van der Waals surface area contributed by atoms with Crippen molar-refractivity contribution < 1.29 is 9.90 Å². The van der Waals surface area contributed by atoms with E-state index >= 15 is 0 Å². The zero-order chi connectivity index (χ0) is 8.65. The van der Waals surface area contributed by atoms with Crippen molar-refractivity contribution in [1.29, 1.82) is 0 Å². The van der Waals surface area contributed by atoms with Gasteiger partial charge in [0.1, 0.15) is 0 Å². The first-order valence-electron chi connectivity index (χ1n) is 3.91. The minimum absolute atomic E-state index is 0. The van der Waals surface area contributed by atoms with Crippen LogP contribution in [0.5, 0.6) is 0 Å².